The van der Waals surface area contributed by atoms with E-state index in [1.165, 1.54) is 16.7 Å². The zero-order valence-corrected chi connectivity index (χ0v) is 32.8. The molecule has 5 N–H and O–H groups in total. The van der Waals surface area contributed by atoms with Gasteiger partial charge >= 0.3 is 5.97 Å². The monoisotopic (exact) mass is 833 g/mol. The molecule has 0 saturated carbocycles. The molecule has 17 heteroatoms. The molecule has 56 heavy (non-hydrogen) atoms. The van der Waals surface area contributed by atoms with Gasteiger partial charge in [0.05, 0.1) is 6.04 Å². The molecule has 4 aromatic rings. The maximum absolute atomic E-state index is 14.2. The summed E-state index contributed by atoms with van der Waals surface area (Å²) >= 11 is 2.43. The number of β-lactam (4-membered cyclic amide) rings is 1. The highest BCUT2D eigenvalue weighted by Crippen LogP contribution is 2.43. The Bertz CT molecular complexity index is 2120. The van der Waals surface area contributed by atoms with Gasteiger partial charge in [-0.1, -0.05) is 96.2 Å². The number of hydrogen-bond acceptors (Lipinski definition) is 11. The summed E-state index contributed by atoms with van der Waals surface area (Å²) in [6, 6.07) is 27.6. The van der Waals surface area contributed by atoms with Gasteiger partial charge in [0, 0.05) is 53.0 Å². The van der Waals surface area contributed by atoms with Gasteiger partial charge < -0.3 is 31.2 Å². The van der Waals surface area contributed by atoms with E-state index in [2.05, 4.69) is 20.8 Å². The van der Waals surface area contributed by atoms with E-state index >= 15 is 0 Å². The Morgan fingerprint density at radius 3 is 2.05 bits per heavy atom. The number of carbonyl (C=O) groups is 4. The highest BCUT2D eigenvalue weighted by Gasteiger charge is 2.54. The number of hydrogen-bond donors (Lipinski definition) is 4. The number of nitrogens with zero attached hydrogens (tertiary/aromatic N) is 4. The molecule has 0 spiro atoms. The molecule has 0 bridgehead atoms. The largest absolute Gasteiger partial charge is 0.477 e. The number of thiazole rings is 1. The van der Waals surface area contributed by atoms with E-state index in [1.807, 2.05) is 95.9 Å². The van der Waals surface area contributed by atoms with Gasteiger partial charge in [-0.05, 0) is 18.1 Å². The summed E-state index contributed by atoms with van der Waals surface area (Å²) in [7, 11) is 0. The maximum Gasteiger partial charge on any atom is 0.352 e. The fourth-order valence-electron chi connectivity index (χ4n) is 7.18. The summed E-state index contributed by atoms with van der Waals surface area (Å²) in [5.74, 6) is -2.52. The molecule has 2 atom stereocenters. The van der Waals surface area contributed by atoms with Crippen molar-refractivity contribution in [2.24, 2.45) is 5.16 Å². The van der Waals surface area contributed by atoms with Crippen molar-refractivity contribution in [3.8, 4) is 0 Å². The Kier molecular flexibility index (Phi) is 12.2. The van der Waals surface area contributed by atoms with E-state index in [4.69, 9.17) is 10.6 Å². The third-order valence-corrected chi connectivity index (χ3v) is 12.0. The van der Waals surface area contributed by atoms with E-state index in [0.717, 1.165) is 41.1 Å². The molecule has 0 unspecified atom stereocenters. The number of nitrogens with one attached hydrogen (secondary N) is 2. The molecule has 3 fully saturated rings. The Morgan fingerprint density at radius 2 is 1.55 bits per heavy atom. The Hall–Kier alpha value is -5.19. The number of amides is 3. The molecular weight excluding hydrogens is 798 g/mol. The number of carboxylic acid groups (broad SMARTS) is 1. The first-order valence-electron chi connectivity index (χ1n) is 17.3. The average Bonchev–Trinajstić information content (AvgIpc) is 3.76. The van der Waals surface area contributed by atoms with Crippen molar-refractivity contribution in [2.45, 2.75) is 29.5 Å². The van der Waals surface area contributed by atoms with Crippen LogP contribution >= 0.6 is 47.9 Å². The molecule has 4 aliphatic heterocycles. The second-order valence-electron chi connectivity index (χ2n) is 13.2. The third kappa shape index (κ3) is 7.28. The normalized spacial score (nSPS) is 20.4. The number of benzene rings is 3. The standard InChI is InChI=1S/C39H35N7O6S2.2ClH/c40-38-42-29(22-54-38)30(44-52-39(25-10-4-1-5-11-25,26-12-6-2-7-13-26)27-14-8-3-9-15-27)33(47)43-31-35(49)46-32(37(50)51)24(21-53-36(31)46)18-23-16-17-45(34(23)48)28-19-41-20-28;;/h1-15,18,22,28,31,36,41H,16-17,19-21H2,(H2,40,42)(H,43,47)(H,50,51);2*1H/t31-,36-;;/m1../s1. The number of aromatic nitrogens is 1. The summed E-state index contributed by atoms with van der Waals surface area (Å²) < 4.78 is 0. The van der Waals surface area contributed by atoms with Gasteiger partial charge in [0.1, 0.15) is 22.8 Å². The van der Waals surface area contributed by atoms with Crippen molar-refractivity contribution in [1.29, 1.82) is 0 Å². The predicted octanol–water partition coefficient (Wildman–Crippen LogP) is 4.15. The fraction of sp³-hybridized carbons (Fsp3) is 0.231. The Morgan fingerprint density at radius 1 is 0.964 bits per heavy atom. The van der Waals surface area contributed by atoms with Gasteiger partial charge in [0.15, 0.2) is 10.8 Å². The van der Waals surface area contributed by atoms with E-state index < -0.39 is 34.8 Å². The van der Waals surface area contributed by atoms with Crippen molar-refractivity contribution in [1.82, 2.24) is 25.4 Å². The molecule has 1 aromatic heterocycles. The summed E-state index contributed by atoms with van der Waals surface area (Å²) in [5, 5.41) is 21.8. The number of oxime groups is 1. The first kappa shape index (κ1) is 40.5. The van der Waals surface area contributed by atoms with Crippen LogP contribution in [0.25, 0.3) is 0 Å². The van der Waals surface area contributed by atoms with Crippen LogP contribution in [0.4, 0.5) is 5.13 Å². The van der Waals surface area contributed by atoms with E-state index in [9.17, 15) is 24.3 Å². The number of rotatable bonds is 11. The average molecular weight is 835 g/mol. The summed E-state index contributed by atoms with van der Waals surface area (Å²) in [6.45, 7) is 2.04. The van der Waals surface area contributed by atoms with Crippen LogP contribution in [0, 0.1) is 0 Å². The Balaban J connectivity index is 0.00000266. The van der Waals surface area contributed by atoms with Gasteiger partial charge in [0.2, 0.25) is 11.5 Å². The lowest BCUT2D eigenvalue weighted by Crippen LogP contribution is -2.71. The molecule has 3 aromatic carbocycles. The number of allylic oxidation sites excluding steroid dienone is 1. The van der Waals surface area contributed by atoms with Crippen LogP contribution in [0.1, 0.15) is 28.8 Å². The predicted molar refractivity (Wildman–Crippen MR) is 219 cm³/mol. The van der Waals surface area contributed by atoms with Crippen molar-refractivity contribution in [3.63, 3.8) is 0 Å². The van der Waals surface area contributed by atoms with Crippen LogP contribution in [-0.2, 0) is 29.6 Å². The van der Waals surface area contributed by atoms with Crippen LogP contribution in [0.15, 0.2) is 124 Å². The highest BCUT2D eigenvalue weighted by atomic mass is 35.5. The number of likely N-dealkylation sites (tertiary alicyclic amines) is 1. The molecular formula is C39H37Cl2N7O6S2. The van der Waals surface area contributed by atoms with Crippen LogP contribution in [-0.4, -0.2) is 92.1 Å². The number of carbonyl (C=O) groups excluding carboxylic acids is 3. The van der Waals surface area contributed by atoms with E-state index in [1.54, 1.807) is 11.5 Å². The second-order valence-corrected chi connectivity index (χ2v) is 15.1. The smallest absolute Gasteiger partial charge is 0.352 e. The lowest BCUT2D eigenvalue weighted by Gasteiger charge is -2.49. The second kappa shape index (κ2) is 16.9. The molecule has 5 heterocycles. The maximum atomic E-state index is 14.2. The van der Waals surface area contributed by atoms with Crippen LogP contribution in [0.5, 0.6) is 0 Å². The first-order chi connectivity index (χ1) is 26.3. The van der Waals surface area contributed by atoms with Gasteiger partial charge in [0.25, 0.3) is 11.8 Å². The zero-order chi connectivity index (χ0) is 37.4. The summed E-state index contributed by atoms with van der Waals surface area (Å²) in [4.78, 5) is 67.5. The lowest BCUT2D eigenvalue weighted by atomic mass is 9.80. The third-order valence-electron chi connectivity index (χ3n) is 9.99. The number of carboxylic acids is 1. The van der Waals surface area contributed by atoms with Crippen molar-refractivity contribution in [2.75, 3.05) is 31.1 Å². The molecule has 0 aliphatic carbocycles. The number of anilines is 1. The number of nitrogen functional groups attached to an aromatic ring is 1. The van der Waals surface area contributed by atoms with Gasteiger partial charge in [-0.15, -0.1) is 47.9 Å². The SMILES string of the molecule is Cl.Cl.Nc1nc(C(=NOC(c2ccccc2)(c2ccccc2)c2ccccc2)C(=O)N[C@@H]2C(=O)N3C(C(=O)O)=C(C=C4CCN(C5CNC5)C4=O)CS[C@H]23)cs1. The molecule has 0 radical (unpaired) electrons. The number of thioether (sulfide) groups is 1. The Labute approximate surface area is 342 Å². The van der Waals surface area contributed by atoms with Gasteiger partial charge in [-0.2, -0.15) is 0 Å². The van der Waals surface area contributed by atoms with Gasteiger partial charge in [-0.25, -0.2) is 9.78 Å². The lowest BCUT2D eigenvalue weighted by molar-refractivity contribution is -0.150. The summed E-state index contributed by atoms with van der Waals surface area (Å²) in [5.41, 5.74) is 7.57. The van der Waals surface area contributed by atoms with Crippen molar-refractivity contribution in [3.05, 3.63) is 142 Å². The topological polar surface area (TPSA) is 180 Å². The molecule has 3 saturated heterocycles. The highest BCUT2D eigenvalue weighted by molar-refractivity contribution is 8.00. The van der Waals surface area contributed by atoms with Crippen LogP contribution in [0.2, 0.25) is 0 Å². The quantitative estimate of drug-likeness (QED) is 0.0564. The van der Waals surface area contributed by atoms with Crippen LogP contribution in [0.3, 0.4) is 0 Å². The number of halogens is 2. The fourth-order valence-corrected chi connectivity index (χ4v) is 9.03. The molecule has 3 amide bonds. The molecule has 13 nitrogen and oxygen atoms in total. The zero-order valence-electron chi connectivity index (χ0n) is 29.6. The number of fused-ring (bicyclic) bond motifs is 1. The number of nitrogens with two attached hydrogens (primary N) is 1. The van der Waals surface area contributed by atoms with E-state index in [-0.39, 0.29) is 64.8 Å². The van der Waals surface area contributed by atoms with Crippen molar-refractivity contribution < 1.29 is 29.1 Å². The van der Waals surface area contributed by atoms with Crippen molar-refractivity contribution >= 4 is 82.4 Å². The molecule has 4 aliphatic rings. The van der Waals surface area contributed by atoms with Crippen LogP contribution < -0.4 is 16.4 Å². The minimum Gasteiger partial charge on any atom is -0.477 e. The first-order valence-corrected chi connectivity index (χ1v) is 19.3. The van der Waals surface area contributed by atoms with Gasteiger partial charge in [-0.3, -0.25) is 19.3 Å². The minimum absolute atomic E-state index is 0. The summed E-state index contributed by atoms with van der Waals surface area (Å²) in [6.07, 6.45) is 2.12. The molecule has 290 valence electrons. The molecule has 8 rings (SSSR count). The van der Waals surface area contributed by atoms with E-state index in [0.29, 0.717) is 24.1 Å². The minimum atomic E-state index is -1.31. The number of aliphatic carboxylic acids is 1.